The first-order chi connectivity index (χ1) is 8.52. The summed E-state index contributed by atoms with van der Waals surface area (Å²) < 4.78 is 10.6. The Hall–Kier alpha value is -0.880. The second kappa shape index (κ2) is 7.53. The van der Waals surface area contributed by atoms with E-state index in [0.717, 1.165) is 12.4 Å². The summed E-state index contributed by atoms with van der Waals surface area (Å²) in [7, 11) is 3.65. The van der Waals surface area contributed by atoms with Gasteiger partial charge >= 0.3 is 0 Å². The van der Waals surface area contributed by atoms with Gasteiger partial charge in [-0.1, -0.05) is 15.9 Å². The molecule has 1 atom stereocenters. The first kappa shape index (κ1) is 15.2. The monoisotopic (exact) mass is 317 g/mol. The van der Waals surface area contributed by atoms with Crippen molar-refractivity contribution in [3.05, 3.63) is 12.4 Å². The number of ether oxygens (including phenoxy) is 2. The average molecular weight is 318 g/mol. The van der Waals surface area contributed by atoms with E-state index >= 15 is 0 Å². The molecule has 0 N–H and O–H groups in total. The standard InChI is InChI=1S/C12H20BrN3O2/c1-9(2)18-12-6-14-5-11(15-12)16(3)7-10(13)8-17-4/h5-6,9-10H,7-8H2,1-4H3. The van der Waals surface area contributed by atoms with E-state index in [0.29, 0.717) is 12.5 Å². The van der Waals surface area contributed by atoms with Crippen LogP contribution in [0, 0.1) is 0 Å². The maximum atomic E-state index is 5.52. The summed E-state index contributed by atoms with van der Waals surface area (Å²) in [6, 6.07) is 0. The third-order valence-corrected chi connectivity index (χ3v) is 2.72. The Balaban J connectivity index is 2.64. The highest BCUT2D eigenvalue weighted by Gasteiger charge is 2.11. The highest BCUT2D eigenvalue weighted by molar-refractivity contribution is 9.09. The molecule has 1 heterocycles. The van der Waals surface area contributed by atoms with E-state index in [2.05, 4.69) is 25.9 Å². The molecule has 102 valence electrons. The second-order valence-electron chi connectivity index (χ2n) is 4.32. The predicted molar refractivity (Wildman–Crippen MR) is 75.7 cm³/mol. The fourth-order valence-electron chi connectivity index (χ4n) is 1.44. The van der Waals surface area contributed by atoms with Crippen LogP contribution in [0.25, 0.3) is 0 Å². The number of rotatable bonds is 7. The van der Waals surface area contributed by atoms with Crippen molar-refractivity contribution in [2.75, 3.05) is 32.2 Å². The van der Waals surface area contributed by atoms with Crippen LogP contribution in [0.2, 0.25) is 0 Å². The van der Waals surface area contributed by atoms with Gasteiger partial charge in [0.15, 0.2) is 5.82 Å². The normalized spacial score (nSPS) is 12.6. The Bertz CT molecular complexity index is 363. The highest BCUT2D eigenvalue weighted by Crippen LogP contribution is 2.15. The fraction of sp³-hybridized carbons (Fsp3) is 0.667. The van der Waals surface area contributed by atoms with Crippen molar-refractivity contribution < 1.29 is 9.47 Å². The van der Waals surface area contributed by atoms with Gasteiger partial charge in [0.25, 0.3) is 0 Å². The Labute approximate surface area is 117 Å². The molecule has 1 aromatic rings. The minimum atomic E-state index is 0.0947. The van der Waals surface area contributed by atoms with Crippen LogP contribution >= 0.6 is 15.9 Å². The van der Waals surface area contributed by atoms with Gasteiger partial charge in [0.05, 0.1) is 29.9 Å². The van der Waals surface area contributed by atoms with Crippen molar-refractivity contribution in [1.29, 1.82) is 0 Å². The number of methoxy groups -OCH3 is 1. The van der Waals surface area contributed by atoms with Crippen LogP contribution in [-0.4, -0.2) is 48.2 Å². The van der Waals surface area contributed by atoms with Gasteiger partial charge in [-0.25, -0.2) is 0 Å². The Kier molecular flexibility index (Phi) is 6.35. The summed E-state index contributed by atoms with van der Waals surface area (Å²) in [6.07, 6.45) is 3.44. The zero-order valence-electron chi connectivity index (χ0n) is 11.3. The fourth-order valence-corrected chi connectivity index (χ4v) is 2.14. The molecule has 0 bridgehead atoms. The molecule has 0 radical (unpaired) electrons. The SMILES string of the molecule is COCC(Br)CN(C)c1cncc(OC(C)C)n1. The van der Waals surface area contributed by atoms with Crippen molar-refractivity contribution in [2.45, 2.75) is 24.8 Å². The van der Waals surface area contributed by atoms with E-state index in [4.69, 9.17) is 9.47 Å². The molecule has 0 amide bonds. The molecule has 18 heavy (non-hydrogen) atoms. The van der Waals surface area contributed by atoms with Gasteiger partial charge in [-0.15, -0.1) is 0 Å². The lowest BCUT2D eigenvalue weighted by molar-refractivity contribution is 0.201. The Morgan fingerprint density at radius 2 is 2.11 bits per heavy atom. The summed E-state index contributed by atoms with van der Waals surface area (Å²) >= 11 is 3.55. The van der Waals surface area contributed by atoms with E-state index in [1.807, 2.05) is 25.8 Å². The van der Waals surface area contributed by atoms with Crippen LogP contribution in [0.15, 0.2) is 12.4 Å². The molecular weight excluding hydrogens is 298 g/mol. The summed E-state index contributed by atoms with van der Waals surface area (Å²) in [6.45, 7) is 5.37. The third-order valence-electron chi connectivity index (χ3n) is 2.17. The molecule has 0 aliphatic heterocycles. The van der Waals surface area contributed by atoms with Gasteiger partial charge in [-0.05, 0) is 13.8 Å². The lowest BCUT2D eigenvalue weighted by Crippen LogP contribution is -2.29. The highest BCUT2D eigenvalue weighted by atomic mass is 79.9. The zero-order chi connectivity index (χ0) is 13.5. The van der Waals surface area contributed by atoms with Crippen molar-refractivity contribution in [2.24, 2.45) is 0 Å². The average Bonchev–Trinajstić information content (AvgIpc) is 2.28. The zero-order valence-corrected chi connectivity index (χ0v) is 12.8. The van der Waals surface area contributed by atoms with Crippen molar-refractivity contribution >= 4 is 21.7 Å². The number of anilines is 1. The van der Waals surface area contributed by atoms with Crippen molar-refractivity contribution in [3.8, 4) is 5.88 Å². The lowest BCUT2D eigenvalue weighted by atomic mass is 10.4. The minimum Gasteiger partial charge on any atom is -0.474 e. The molecule has 0 aromatic carbocycles. The molecule has 0 saturated heterocycles. The van der Waals surface area contributed by atoms with Gasteiger partial charge in [-0.2, -0.15) is 4.98 Å². The van der Waals surface area contributed by atoms with E-state index in [1.54, 1.807) is 19.5 Å². The topological polar surface area (TPSA) is 47.5 Å². The van der Waals surface area contributed by atoms with Gasteiger partial charge in [0.1, 0.15) is 0 Å². The molecule has 0 spiro atoms. The number of hydrogen-bond donors (Lipinski definition) is 0. The molecule has 6 heteroatoms. The van der Waals surface area contributed by atoms with Crippen LogP contribution in [0.4, 0.5) is 5.82 Å². The Morgan fingerprint density at radius 1 is 1.39 bits per heavy atom. The maximum Gasteiger partial charge on any atom is 0.234 e. The van der Waals surface area contributed by atoms with Gasteiger partial charge in [0.2, 0.25) is 5.88 Å². The van der Waals surface area contributed by atoms with Gasteiger partial charge in [-0.3, -0.25) is 4.98 Å². The molecule has 0 aliphatic rings. The summed E-state index contributed by atoms with van der Waals surface area (Å²) in [5, 5.41) is 0. The van der Waals surface area contributed by atoms with E-state index in [9.17, 15) is 0 Å². The Morgan fingerprint density at radius 3 is 2.72 bits per heavy atom. The lowest BCUT2D eigenvalue weighted by Gasteiger charge is -2.21. The van der Waals surface area contributed by atoms with Crippen LogP contribution in [0.5, 0.6) is 5.88 Å². The summed E-state index contributed by atoms with van der Waals surface area (Å²) in [4.78, 5) is 10.8. The van der Waals surface area contributed by atoms with E-state index in [-0.39, 0.29) is 10.9 Å². The molecular formula is C12H20BrN3O2. The number of hydrogen-bond acceptors (Lipinski definition) is 5. The quantitative estimate of drug-likeness (QED) is 0.721. The third kappa shape index (κ3) is 5.18. The number of aromatic nitrogens is 2. The van der Waals surface area contributed by atoms with Crippen LogP contribution in [-0.2, 0) is 4.74 Å². The first-order valence-corrected chi connectivity index (χ1v) is 6.77. The number of halogens is 1. The second-order valence-corrected chi connectivity index (χ2v) is 5.61. The molecule has 1 aromatic heterocycles. The molecule has 0 fully saturated rings. The van der Waals surface area contributed by atoms with Gasteiger partial charge in [0, 0.05) is 20.7 Å². The molecule has 1 rings (SSSR count). The smallest absolute Gasteiger partial charge is 0.234 e. The van der Waals surface area contributed by atoms with Crippen molar-refractivity contribution in [3.63, 3.8) is 0 Å². The molecule has 0 saturated carbocycles. The summed E-state index contributed by atoms with van der Waals surface area (Å²) in [5.41, 5.74) is 0. The van der Waals surface area contributed by atoms with E-state index < -0.39 is 0 Å². The van der Waals surface area contributed by atoms with Crippen LogP contribution in [0.1, 0.15) is 13.8 Å². The molecule has 0 aliphatic carbocycles. The first-order valence-electron chi connectivity index (χ1n) is 5.85. The number of nitrogens with zero attached hydrogens (tertiary/aromatic N) is 3. The van der Waals surface area contributed by atoms with E-state index in [1.165, 1.54) is 0 Å². The molecule has 5 nitrogen and oxygen atoms in total. The predicted octanol–water partition coefficient (Wildman–Crippen LogP) is 2.11. The maximum absolute atomic E-state index is 5.52. The van der Waals surface area contributed by atoms with Crippen LogP contribution < -0.4 is 9.64 Å². The van der Waals surface area contributed by atoms with Crippen molar-refractivity contribution in [1.82, 2.24) is 9.97 Å². The molecule has 1 unspecified atom stereocenters. The van der Waals surface area contributed by atoms with Gasteiger partial charge < -0.3 is 14.4 Å². The minimum absolute atomic E-state index is 0.0947. The van der Waals surface area contributed by atoms with Crippen LogP contribution in [0.3, 0.4) is 0 Å². The number of alkyl halides is 1. The largest absolute Gasteiger partial charge is 0.474 e. The summed E-state index contributed by atoms with van der Waals surface area (Å²) in [5.74, 6) is 1.33.